The molecule has 0 spiro atoms. The van der Waals surface area contributed by atoms with E-state index >= 15 is 0 Å². The van der Waals surface area contributed by atoms with Crippen molar-refractivity contribution in [3.8, 4) is 0 Å². The molecule has 0 saturated carbocycles. The van der Waals surface area contributed by atoms with E-state index in [0.717, 1.165) is 37.8 Å². The van der Waals surface area contributed by atoms with E-state index in [4.69, 9.17) is 0 Å². The molecule has 126 valence electrons. The number of ketones is 1. The Balaban J connectivity index is 1.83. The average Bonchev–Trinajstić information content (AvgIpc) is 3.22. The second-order valence-electron chi connectivity index (χ2n) is 6.51. The lowest BCUT2D eigenvalue weighted by molar-refractivity contribution is 0.0941. The minimum absolute atomic E-state index is 0.0723. The lowest BCUT2D eigenvalue weighted by Gasteiger charge is -2.29. The highest BCUT2D eigenvalue weighted by Gasteiger charge is 2.49. The van der Waals surface area contributed by atoms with Crippen molar-refractivity contribution in [2.24, 2.45) is 0 Å². The number of carbonyl (C=O) groups is 1. The van der Waals surface area contributed by atoms with Gasteiger partial charge in [0.1, 0.15) is 0 Å². The van der Waals surface area contributed by atoms with Crippen molar-refractivity contribution >= 4 is 38.3 Å². The number of benzene rings is 3. The molecule has 0 radical (unpaired) electrons. The molecule has 26 heavy (non-hydrogen) atoms. The van der Waals surface area contributed by atoms with Crippen molar-refractivity contribution < 1.29 is 4.79 Å². The van der Waals surface area contributed by atoms with Crippen molar-refractivity contribution in [3.63, 3.8) is 0 Å². The fraction of sp³-hybridized carbons (Fsp3) is 0.0455. The summed E-state index contributed by atoms with van der Waals surface area (Å²) in [5.41, 5.74) is 3.53. The highest BCUT2D eigenvalue weighted by atomic mass is 79.9. The molecule has 0 saturated heterocycles. The van der Waals surface area contributed by atoms with Crippen LogP contribution in [-0.2, 0) is 5.54 Å². The topological polar surface area (TPSA) is 44.9 Å². The Hall–Kier alpha value is -2.85. The summed E-state index contributed by atoms with van der Waals surface area (Å²) in [6, 6.07) is 23.7. The number of hydrogen-bond donors (Lipinski definition) is 2. The third-order valence-electron chi connectivity index (χ3n) is 5.09. The molecule has 0 bridgehead atoms. The Labute approximate surface area is 159 Å². The van der Waals surface area contributed by atoms with Crippen LogP contribution in [-0.4, -0.2) is 10.8 Å². The fourth-order valence-electron chi connectivity index (χ4n) is 3.90. The summed E-state index contributed by atoms with van der Waals surface area (Å²) in [5, 5.41) is 4.58. The van der Waals surface area contributed by atoms with E-state index in [2.05, 4.69) is 26.2 Å². The Morgan fingerprint density at radius 2 is 1.65 bits per heavy atom. The molecule has 0 fully saturated rings. The molecule has 1 aliphatic rings. The van der Waals surface area contributed by atoms with Crippen LogP contribution in [0.1, 0.15) is 21.5 Å². The first-order chi connectivity index (χ1) is 12.7. The summed E-state index contributed by atoms with van der Waals surface area (Å²) in [7, 11) is 0. The molecule has 5 rings (SSSR count). The van der Waals surface area contributed by atoms with Crippen molar-refractivity contribution in [3.05, 3.63) is 100 Å². The van der Waals surface area contributed by atoms with Crippen molar-refractivity contribution in [2.75, 3.05) is 5.32 Å². The molecule has 0 amide bonds. The molecular formula is C22H15BrN2O. The van der Waals surface area contributed by atoms with Crippen molar-refractivity contribution in [2.45, 2.75) is 5.54 Å². The van der Waals surface area contributed by atoms with Crippen LogP contribution in [0.15, 0.2) is 83.5 Å². The normalized spacial score (nSPS) is 18.7. The van der Waals surface area contributed by atoms with E-state index in [1.165, 1.54) is 0 Å². The molecule has 1 unspecified atom stereocenters. The average molecular weight is 403 g/mol. The number of carbonyl (C=O) groups excluding carboxylic acids is 1. The van der Waals surface area contributed by atoms with Gasteiger partial charge in [-0.3, -0.25) is 4.79 Å². The summed E-state index contributed by atoms with van der Waals surface area (Å²) < 4.78 is 1.00. The zero-order valence-corrected chi connectivity index (χ0v) is 15.4. The van der Waals surface area contributed by atoms with Crippen molar-refractivity contribution in [1.29, 1.82) is 0 Å². The third kappa shape index (κ3) is 2.02. The number of Topliss-reactive ketones (excluding diaryl/α,β-unsaturated/α-hetero) is 1. The first-order valence-electron chi connectivity index (χ1n) is 8.45. The summed E-state index contributed by atoms with van der Waals surface area (Å²) in [5.74, 6) is 0.0723. The van der Waals surface area contributed by atoms with Gasteiger partial charge in [-0.1, -0.05) is 64.5 Å². The van der Waals surface area contributed by atoms with Crippen LogP contribution in [0.5, 0.6) is 0 Å². The SMILES string of the molecule is O=C1c2ccccc2NC1(c1ccccc1)c1c[nH]c2cc(Br)ccc12. The van der Waals surface area contributed by atoms with Gasteiger partial charge in [0, 0.05) is 38.4 Å². The van der Waals surface area contributed by atoms with Crippen LogP contribution >= 0.6 is 15.9 Å². The number of H-pyrrole nitrogens is 1. The van der Waals surface area contributed by atoms with E-state index in [0.29, 0.717) is 0 Å². The number of anilines is 1. The van der Waals surface area contributed by atoms with Gasteiger partial charge < -0.3 is 10.3 Å². The number of aromatic nitrogens is 1. The molecular weight excluding hydrogens is 388 g/mol. The minimum Gasteiger partial charge on any atom is -0.365 e. The van der Waals surface area contributed by atoms with Crippen LogP contribution in [0, 0.1) is 0 Å². The Morgan fingerprint density at radius 3 is 2.46 bits per heavy atom. The number of halogens is 1. The molecule has 3 nitrogen and oxygen atoms in total. The lowest BCUT2D eigenvalue weighted by atomic mass is 9.79. The van der Waals surface area contributed by atoms with Crippen LogP contribution in [0.3, 0.4) is 0 Å². The third-order valence-corrected chi connectivity index (χ3v) is 5.58. The zero-order valence-electron chi connectivity index (χ0n) is 13.8. The highest BCUT2D eigenvalue weighted by molar-refractivity contribution is 9.10. The smallest absolute Gasteiger partial charge is 0.199 e. The van der Waals surface area contributed by atoms with Gasteiger partial charge in [-0.2, -0.15) is 0 Å². The monoisotopic (exact) mass is 402 g/mol. The Bertz CT molecular complexity index is 1150. The van der Waals surface area contributed by atoms with E-state index < -0.39 is 5.54 Å². The van der Waals surface area contributed by atoms with Gasteiger partial charge in [0.05, 0.1) is 0 Å². The fourth-order valence-corrected chi connectivity index (χ4v) is 4.26. The zero-order chi connectivity index (χ0) is 17.7. The number of hydrogen-bond acceptors (Lipinski definition) is 2. The first kappa shape index (κ1) is 15.4. The maximum atomic E-state index is 13.6. The molecule has 4 aromatic rings. The Kier molecular flexibility index (Phi) is 3.31. The number of fused-ring (bicyclic) bond motifs is 2. The standard InChI is InChI=1S/C22H15BrN2O/c23-15-10-11-16-18(13-24-20(16)12-15)22(14-6-2-1-3-7-14)21(26)17-8-4-5-9-19(17)25-22/h1-13,24-25H. The minimum atomic E-state index is -0.934. The maximum Gasteiger partial charge on any atom is 0.199 e. The molecule has 0 aliphatic carbocycles. The van der Waals surface area contributed by atoms with Gasteiger partial charge in [-0.25, -0.2) is 0 Å². The maximum absolute atomic E-state index is 13.6. The number of nitrogens with one attached hydrogen (secondary N) is 2. The van der Waals surface area contributed by atoms with Gasteiger partial charge in [-0.15, -0.1) is 0 Å². The van der Waals surface area contributed by atoms with Gasteiger partial charge in [-0.05, 0) is 29.8 Å². The lowest BCUT2D eigenvalue weighted by Crippen LogP contribution is -2.39. The van der Waals surface area contributed by atoms with E-state index in [1.807, 2.05) is 79.0 Å². The van der Waals surface area contributed by atoms with Crippen LogP contribution < -0.4 is 5.32 Å². The summed E-state index contributed by atoms with van der Waals surface area (Å²) in [6.07, 6.45) is 1.95. The molecule has 1 atom stereocenters. The van der Waals surface area contributed by atoms with E-state index in [9.17, 15) is 4.79 Å². The highest BCUT2D eigenvalue weighted by Crippen LogP contribution is 2.46. The number of rotatable bonds is 2. The molecule has 3 aromatic carbocycles. The van der Waals surface area contributed by atoms with Crippen LogP contribution in [0.25, 0.3) is 10.9 Å². The van der Waals surface area contributed by atoms with E-state index in [-0.39, 0.29) is 5.78 Å². The molecule has 4 heteroatoms. The van der Waals surface area contributed by atoms with Crippen LogP contribution in [0.4, 0.5) is 5.69 Å². The quantitative estimate of drug-likeness (QED) is 0.466. The van der Waals surface area contributed by atoms with E-state index in [1.54, 1.807) is 0 Å². The van der Waals surface area contributed by atoms with Crippen LogP contribution in [0.2, 0.25) is 0 Å². The molecule has 1 aromatic heterocycles. The summed E-state index contributed by atoms with van der Waals surface area (Å²) in [4.78, 5) is 17.0. The molecule has 2 N–H and O–H groups in total. The summed E-state index contributed by atoms with van der Waals surface area (Å²) in [6.45, 7) is 0. The predicted molar refractivity (Wildman–Crippen MR) is 108 cm³/mol. The van der Waals surface area contributed by atoms with Gasteiger partial charge in [0.15, 0.2) is 11.3 Å². The first-order valence-corrected chi connectivity index (χ1v) is 9.24. The van der Waals surface area contributed by atoms with Crippen molar-refractivity contribution in [1.82, 2.24) is 4.98 Å². The van der Waals surface area contributed by atoms with Gasteiger partial charge in [0.2, 0.25) is 0 Å². The van der Waals surface area contributed by atoms with Gasteiger partial charge in [0.25, 0.3) is 0 Å². The molecule has 2 heterocycles. The predicted octanol–water partition coefficient (Wildman–Crippen LogP) is 5.48. The van der Waals surface area contributed by atoms with Gasteiger partial charge >= 0.3 is 0 Å². The molecule has 1 aliphatic heterocycles. The second-order valence-corrected chi connectivity index (χ2v) is 7.42. The summed E-state index contributed by atoms with van der Waals surface area (Å²) >= 11 is 3.52. The second kappa shape index (κ2) is 5.58. The number of aromatic amines is 1. The Morgan fingerprint density at radius 1 is 0.885 bits per heavy atom. The largest absolute Gasteiger partial charge is 0.365 e. The number of para-hydroxylation sites is 1.